The normalized spacial score (nSPS) is 24.4. The summed E-state index contributed by atoms with van der Waals surface area (Å²) in [6.07, 6.45) is 5.95. The van der Waals surface area contributed by atoms with Crippen LogP contribution in [-0.4, -0.2) is 150 Å². The number of nitrogens with one attached hydrogen (secondary N) is 4. The van der Waals surface area contributed by atoms with Gasteiger partial charge in [0.25, 0.3) is 5.91 Å². The summed E-state index contributed by atoms with van der Waals surface area (Å²) in [5.41, 5.74) is 1.96. The molecule has 17 nitrogen and oxygen atoms in total. The Balaban J connectivity index is 0.749. The first-order valence-electron chi connectivity index (χ1n) is 26.0. The molecule has 4 aliphatic rings. The Morgan fingerprint density at radius 2 is 1.57 bits per heavy atom. The molecule has 0 spiro atoms. The van der Waals surface area contributed by atoms with Crippen LogP contribution >= 0.6 is 0 Å². The largest absolute Gasteiger partial charge is 0.416 e. The predicted molar refractivity (Wildman–Crippen MR) is 271 cm³/mol. The molecule has 4 N–H and O–H groups in total. The Morgan fingerprint density at radius 3 is 2.24 bits per heavy atom. The monoisotopic (exact) mass is 1030 g/mol. The number of halogens is 3. The Morgan fingerprint density at radius 1 is 0.851 bits per heavy atom. The van der Waals surface area contributed by atoms with Gasteiger partial charge in [-0.05, 0) is 126 Å². The minimum atomic E-state index is -4.55. The highest BCUT2D eigenvalue weighted by atomic mass is 19.4. The van der Waals surface area contributed by atoms with Crippen molar-refractivity contribution in [2.24, 2.45) is 11.8 Å². The molecule has 0 unspecified atom stereocenters. The zero-order valence-corrected chi connectivity index (χ0v) is 42.6. The number of aromatic nitrogens is 3. The van der Waals surface area contributed by atoms with Crippen molar-refractivity contribution in [2.75, 3.05) is 65.5 Å². The maximum absolute atomic E-state index is 14.1. The third-order valence-corrected chi connectivity index (χ3v) is 15.6. The number of amides is 5. The van der Waals surface area contributed by atoms with E-state index in [0.717, 1.165) is 55.4 Å². The number of hydrogen-bond donors (Lipinski definition) is 4. The molecule has 0 radical (unpaired) electrons. The molecule has 2 saturated heterocycles. The summed E-state index contributed by atoms with van der Waals surface area (Å²) in [5, 5.41) is 12.5. The van der Waals surface area contributed by atoms with Crippen LogP contribution in [0.15, 0.2) is 73.3 Å². The summed E-state index contributed by atoms with van der Waals surface area (Å²) in [5.74, 6) is -0.855. The number of ether oxygens (including phenoxy) is 2. The van der Waals surface area contributed by atoms with Crippen molar-refractivity contribution in [2.45, 2.75) is 120 Å². The molecule has 2 aliphatic carbocycles. The molecule has 5 amide bonds. The van der Waals surface area contributed by atoms with Crippen LogP contribution in [0.25, 0.3) is 10.9 Å². The molecule has 4 heterocycles. The van der Waals surface area contributed by atoms with Gasteiger partial charge in [-0.1, -0.05) is 18.2 Å². The minimum Gasteiger partial charge on any atom is -0.377 e. The van der Waals surface area contributed by atoms with Crippen LogP contribution < -0.4 is 21.3 Å². The maximum Gasteiger partial charge on any atom is 0.416 e. The number of carbonyl (C=O) groups is 5. The summed E-state index contributed by atoms with van der Waals surface area (Å²) < 4.78 is 52.1. The van der Waals surface area contributed by atoms with Gasteiger partial charge >= 0.3 is 6.18 Å². The van der Waals surface area contributed by atoms with Gasteiger partial charge in [0.15, 0.2) is 0 Å². The van der Waals surface area contributed by atoms with Gasteiger partial charge in [0.1, 0.15) is 18.2 Å². The third kappa shape index (κ3) is 13.0. The van der Waals surface area contributed by atoms with E-state index >= 15 is 0 Å². The first kappa shape index (κ1) is 54.0. The number of likely N-dealkylation sites (tertiary alicyclic amines) is 2. The standard InChI is InChI=1S/C54H69F3N10O7/c1-33(2)65(3)40-16-18-46(67-23-19-44(53(67)72)63-49-41-28-39(54(55,56)57)15-17-43(41)61-32-62-49)45(29-40)64-51(70)37-13-9-35(10-14-37)34-7-11-36(12-8-34)50(69)59-21-24-73-26-27-74-25-22-60-52(71)42-30-47(68)66(4)48(42)38-6-5-20-58-31-38/h5-6,9-10,13-15,17,20,28,31-34,36,40,42,44-46,48H,7-8,11-12,16,18-19,21-27,29-30H2,1-4H3,(H,59,69)(H,60,71)(H,64,70)(H,61,62,63)/t34-,36+,40-,42+,44+,45-,46+,48-/m1/s1. The fourth-order valence-corrected chi connectivity index (χ4v) is 11.2. The molecule has 2 aromatic carbocycles. The summed E-state index contributed by atoms with van der Waals surface area (Å²) in [6.45, 7) is 6.67. The molecule has 2 aromatic heterocycles. The molecule has 4 aromatic rings. The zero-order chi connectivity index (χ0) is 52.5. The van der Waals surface area contributed by atoms with Gasteiger partial charge in [0.05, 0.1) is 61.6 Å². The van der Waals surface area contributed by atoms with E-state index in [1.54, 1.807) is 30.4 Å². The van der Waals surface area contributed by atoms with Crippen LogP contribution in [0.1, 0.15) is 111 Å². The van der Waals surface area contributed by atoms with Crippen molar-refractivity contribution in [1.82, 2.24) is 45.6 Å². The predicted octanol–water partition coefficient (Wildman–Crippen LogP) is 5.88. The number of benzene rings is 2. The van der Waals surface area contributed by atoms with Gasteiger partial charge in [0.2, 0.25) is 23.6 Å². The Bertz CT molecular complexity index is 2580. The van der Waals surface area contributed by atoms with Crippen molar-refractivity contribution in [1.29, 1.82) is 0 Å². The lowest BCUT2D eigenvalue weighted by Gasteiger charge is -2.44. The van der Waals surface area contributed by atoms with Gasteiger partial charge in [-0.2, -0.15) is 13.2 Å². The number of fused-ring (bicyclic) bond motifs is 1. The number of nitrogens with zero attached hydrogens (tertiary/aromatic N) is 6. The smallest absolute Gasteiger partial charge is 0.377 e. The van der Waals surface area contributed by atoms with Crippen molar-refractivity contribution in [3.63, 3.8) is 0 Å². The molecule has 4 fully saturated rings. The maximum atomic E-state index is 14.1. The first-order valence-corrected chi connectivity index (χ1v) is 26.0. The van der Waals surface area contributed by atoms with E-state index in [1.807, 2.05) is 35.2 Å². The fraction of sp³-hybridized carbons (Fsp3) is 0.556. The number of carbonyl (C=O) groups excluding carboxylic acids is 5. The SMILES string of the molecule is CC(C)N(C)[C@@H]1CC[C@H](N2CC[C@H](Nc3ncnc4ccc(C(F)(F)F)cc34)C2=O)[C@H](NC(=O)c2ccc([C@H]3CC[C@@H](C(=O)NCCOCCOCCNC(=O)[C@H]4CC(=O)N(C)[C@@H]4c4cccnc4)CC3)cc2)C1. The van der Waals surface area contributed by atoms with Crippen molar-refractivity contribution in [3.8, 4) is 0 Å². The highest BCUT2D eigenvalue weighted by Gasteiger charge is 2.45. The highest BCUT2D eigenvalue weighted by molar-refractivity contribution is 5.95. The van der Waals surface area contributed by atoms with Crippen LogP contribution in [0.5, 0.6) is 0 Å². The molecular weight excluding hydrogens is 958 g/mol. The number of alkyl halides is 3. The first-order chi connectivity index (χ1) is 35.6. The quantitative estimate of drug-likeness (QED) is 0.0769. The van der Waals surface area contributed by atoms with Gasteiger partial charge < -0.3 is 45.4 Å². The van der Waals surface area contributed by atoms with Crippen molar-refractivity contribution in [3.05, 3.63) is 95.6 Å². The van der Waals surface area contributed by atoms with E-state index in [1.165, 1.54) is 12.4 Å². The van der Waals surface area contributed by atoms with Gasteiger partial charge in [-0.3, -0.25) is 29.0 Å². The van der Waals surface area contributed by atoms with E-state index in [2.05, 4.69) is 62.0 Å². The summed E-state index contributed by atoms with van der Waals surface area (Å²) in [6, 6.07) is 13.4. The van der Waals surface area contributed by atoms with Crippen LogP contribution in [-0.2, 0) is 34.8 Å². The molecule has 2 saturated carbocycles. The molecular formula is C54H69F3N10O7. The van der Waals surface area contributed by atoms with E-state index in [-0.39, 0.29) is 89.2 Å². The number of rotatable bonds is 20. The van der Waals surface area contributed by atoms with E-state index in [0.29, 0.717) is 76.4 Å². The summed E-state index contributed by atoms with van der Waals surface area (Å²) >= 11 is 0. The van der Waals surface area contributed by atoms with Gasteiger partial charge in [-0.25, -0.2) is 9.97 Å². The highest BCUT2D eigenvalue weighted by Crippen LogP contribution is 2.39. The molecule has 6 atom stereocenters. The lowest BCUT2D eigenvalue weighted by Crippen LogP contribution is -2.58. The third-order valence-electron chi connectivity index (χ3n) is 15.6. The summed E-state index contributed by atoms with van der Waals surface area (Å²) in [4.78, 5) is 84.7. The van der Waals surface area contributed by atoms with E-state index in [4.69, 9.17) is 9.47 Å². The summed E-state index contributed by atoms with van der Waals surface area (Å²) in [7, 11) is 3.78. The average molecular weight is 1030 g/mol. The van der Waals surface area contributed by atoms with E-state index in [9.17, 15) is 37.1 Å². The fourth-order valence-electron chi connectivity index (χ4n) is 11.2. The molecule has 74 heavy (non-hydrogen) atoms. The van der Waals surface area contributed by atoms with Crippen LogP contribution in [0.3, 0.4) is 0 Å². The Labute approximate surface area is 430 Å². The van der Waals surface area contributed by atoms with Gasteiger partial charge in [0, 0.05) is 74.4 Å². The Kier molecular flexibility index (Phi) is 17.8. The zero-order valence-electron chi connectivity index (χ0n) is 42.6. The lowest BCUT2D eigenvalue weighted by molar-refractivity contribution is -0.137. The molecule has 8 rings (SSSR count). The molecule has 398 valence electrons. The lowest BCUT2D eigenvalue weighted by atomic mass is 9.78. The molecule has 0 bridgehead atoms. The second-order valence-electron chi connectivity index (χ2n) is 20.4. The number of anilines is 1. The minimum absolute atomic E-state index is 0.0135. The van der Waals surface area contributed by atoms with Gasteiger partial charge in [-0.15, -0.1) is 0 Å². The Hall–Kier alpha value is -6.25. The van der Waals surface area contributed by atoms with Crippen LogP contribution in [0, 0.1) is 11.8 Å². The topological polar surface area (TPSA) is 200 Å². The molecule has 20 heteroatoms. The van der Waals surface area contributed by atoms with Crippen LogP contribution in [0.2, 0.25) is 0 Å². The second-order valence-corrected chi connectivity index (χ2v) is 20.4. The molecule has 2 aliphatic heterocycles. The second kappa shape index (κ2) is 24.4. The van der Waals surface area contributed by atoms with Crippen LogP contribution in [0.4, 0.5) is 19.0 Å². The van der Waals surface area contributed by atoms with Crippen molar-refractivity contribution >= 4 is 46.3 Å². The average Bonchev–Trinajstić information content (AvgIpc) is 3.92. The van der Waals surface area contributed by atoms with Crippen molar-refractivity contribution < 1.29 is 46.6 Å². The number of pyridine rings is 1. The van der Waals surface area contributed by atoms with E-state index < -0.39 is 23.7 Å². The number of hydrogen-bond acceptors (Lipinski definition) is 12.